The molecule has 5 rings (SSSR count). The molecule has 0 amide bonds. The highest BCUT2D eigenvalue weighted by molar-refractivity contribution is 5.89. The largest absolute Gasteiger partial charge is 0.465 e. The lowest BCUT2D eigenvalue weighted by atomic mass is 9.97. The standard InChI is InChI=1S/C23H17FN6O2/c1-29-13-25-27-22(29)19-11-17(24)7-8-18(19)14-4-3-5-15(10-14)21-26-20-9-6-16(23(31)32-2)12-30(20)28-21/h3-13H,1-2H3. The van der Waals surface area contributed by atoms with E-state index in [1.165, 1.54) is 23.8 Å². The maximum absolute atomic E-state index is 14.1. The first-order valence-corrected chi connectivity index (χ1v) is 9.73. The molecule has 0 aliphatic rings. The molecule has 3 heterocycles. The maximum atomic E-state index is 14.1. The Hall–Kier alpha value is -4.40. The van der Waals surface area contributed by atoms with Crippen LogP contribution in [0.3, 0.4) is 0 Å². The fourth-order valence-electron chi connectivity index (χ4n) is 3.55. The third-order valence-corrected chi connectivity index (χ3v) is 5.12. The number of benzene rings is 2. The molecule has 0 unspecified atom stereocenters. The number of hydrogen-bond donors (Lipinski definition) is 0. The van der Waals surface area contributed by atoms with Gasteiger partial charge in [-0.2, -0.15) is 0 Å². The molecular formula is C23H17FN6O2. The first-order chi connectivity index (χ1) is 15.5. The Balaban J connectivity index is 1.59. The Morgan fingerprint density at radius 2 is 1.88 bits per heavy atom. The molecular weight excluding hydrogens is 411 g/mol. The number of aryl methyl sites for hydroxylation is 1. The van der Waals surface area contributed by atoms with Gasteiger partial charge in [-0.05, 0) is 41.5 Å². The van der Waals surface area contributed by atoms with Crippen LogP contribution in [-0.2, 0) is 11.8 Å². The van der Waals surface area contributed by atoms with E-state index in [0.717, 1.165) is 16.7 Å². The Morgan fingerprint density at radius 3 is 2.66 bits per heavy atom. The highest BCUT2D eigenvalue weighted by Gasteiger charge is 2.15. The third-order valence-electron chi connectivity index (χ3n) is 5.12. The number of hydrogen-bond acceptors (Lipinski definition) is 6. The quantitative estimate of drug-likeness (QED) is 0.405. The van der Waals surface area contributed by atoms with E-state index in [1.807, 2.05) is 31.3 Å². The summed E-state index contributed by atoms with van der Waals surface area (Å²) in [5, 5.41) is 12.6. The lowest BCUT2D eigenvalue weighted by Crippen LogP contribution is -2.03. The van der Waals surface area contributed by atoms with Crippen LogP contribution in [0.25, 0.3) is 39.5 Å². The number of nitrogens with zero attached hydrogens (tertiary/aromatic N) is 6. The van der Waals surface area contributed by atoms with Gasteiger partial charge < -0.3 is 9.30 Å². The predicted molar refractivity (Wildman–Crippen MR) is 115 cm³/mol. The van der Waals surface area contributed by atoms with Crippen LogP contribution in [0, 0.1) is 5.82 Å². The Bertz CT molecular complexity index is 1470. The Morgan fingerprint density at radius 1 is 1.03 bits per heavy atom. The summed E-state index contributed by atoms with van der Waals surface area (Å²) in [7, 11) is 3.14. The average molecular weight is 428 g/mol. The fraction of sp³-hybridized carbons (Fsp3) is 0.0870. The zero-order valence-corrected chi connectivity index (χ0v) is 17.2. The summed E-state index contributed by atoms with van der Waals surface area (Å²) in [4.78, 5) is 16.3. The molecule has 8 nitrogen and oxygen atoms in total. The molecule has 0 N–H and O–H groups in total. The molecule has 0 spiro atoms. The van der Waals surface area contributed by atoms with E-state index in [1.54, 1.807) is 35.3 Å². The topological polar surface area (TPSA) is 87.2 Å². The molecule has 0 aliphatic carbocycles. The Labute approximate surface area is 181 Å². The van der Waals surface area contributed by atoms with Crippen LogP contribution in [0.2, 0.25) is 0 Å². The van der Waals surface area contributed by atoms with Crippen molar-refractivity contribution >= 4 is 11.6 Å². The van der Waals surface area contributed by atoms with Gasteiger partial charge in [-0.3, -0.25) is 0 Å². The van der Waals surface area contributed by atoms with Crippen molar-refractivity contribution in [2.75, 3.05) is 7.11 Å². The summed E-state index contributed by atoms with van der Waals surface area (Å²) >= 11 is 0. The normalized spacial score (nSPS) is 11.1. The SMILES string of the molecule is COC(=O)c1ccc2nc(-c3cccc(-c4ccc(F)cc4-c4nncn4C)c3)nn2c1. The van der Waals surface area contributed by atoms with E-state index < -0.39 is 5.97 Å². The van der Waals surface area contributed by atoms with Crippen molar-refractivity contribution in [1.29, 1.82) is 0 Å². The minimum atomic E-state index is -0.446. The molecule has 9 heteroatoms. The van der Waals surface area contributed by atoms with Crippen LogP contribution >= 0.6 is 0 Å². The number of carbonyl (C=O) groups excluding carboxylic acids is 1. The summed E-state index contributed by atoms with van der Waals surface area (Å²) < 4.78 is 22.1. The van der Waals surface area contributed by atoms with Gasteiger partial charge in [0.05, 0.1) is 12.7 Å². The molecule has 0 fully saturated rings. The molecule has 2 aromatic carbocycles. The van der Waals surface area contributed by atoms with Crippen molar-refractivity contribution in [2.45, 2.75) is 0 Å². The van der Waals surface area contributed by atoms with E-state index in [0.29, 0.717) is 28.4 Å². The van der Waals surface area contributed by atoms with Gasteiger partial charge in [0, 0.05) is 24.4 Å². The van der Waals surface area contributed by atoms with Gasteiger partial charge in [0.25, 0.3) is 0 Å². The van der Waals surface area contributed by atoms with E-state index in [2.05, 4.69) is 20.3 Å². The summed E-state index contributed by atoms with van der Waals surface area (Å²) in [5.41, 5.74) is 4.05. The molecule has 0 radical (unpaired) electrons. The molecule has 3 aromatic heterocycles. The van der Waals surface area contributed by atoms with Crippen LogP contribution in [-0.4, -0.2) is 42.4 Å². The van der Waals surface area contributed by atoms with Gasteiger partial charge in [0.1, 0.15) is 12.1 Å². The molecule has 0 aliphatic heterocycles. The predicted octanol–water partition coefficient (Wildman–Crippen LogP) is 3.78. The number of methoxy groups -OCH3 is 1. The zero-order valence-electron chi connectivity index (χ0n) is 17.2. The minimum absolute atomic E-state index is 0.355. The number of esters is 1. The number of aromatic nitrogens is 6. The highest BCUT2D eigenvalue weighted by Crippen LogP contribution is 2.33. The van der Waals surface area contributed by atoms with E-state index in [4.69, 9.17) is 4.74 Å². The average Bonchev–Trinajstić information content (AvgIpc) is 3.44. The zero-order chi connectivity index (χ0) is 22.2. The van der Waals surface area contributed by atoms with Crippen molar-refractivity contribution in [3.63, 3.8) is 0 Å². The molecule has 0 bridgehead atoms. The summed E-state index contributed by atoms with van der Waals surface area (Å²) in [6.07, 6.45) is 3.15. The smallest absolute Gasteiger partial charge is 0.339 e. The molecule has 0 saturated heterocycles. The van der Waals surface area contributed by atoms with Gasteiger partial charge in [0.15, 0.2) is 17.3 Å². The number of ether oxygens (including phenoxy) is 1. The van der Waals surface area contributed by atoms with Crippen molar-refractivity contribution in [2.24, 2.45) is 7.05 Å². The van der Waals surface area contributed by atoms with E-state index >= 15 is 0 Å². The molecule has 0 saturated carbocycles. The van der Waals surface area contributed by atoms with Crippen LogP contribution in [0.5, 0.6) is 0 Å². The van der Waals surface area contributed by atoms with Crippen LogP contribution in [0.1, 0.15) is 10.4 Å². The van der Waals surface area contributed by atoms with Gasteiger partial charge in [-0.15, -0.1) is 15.3 Å². The maximum Gasteiger partial charge on any atom is 0.339 e. The number of halogens is 1. The summed E-state index contributed by atoms with van der Waals surface area (Å²) in [6, 6.07) is 15.6. The first kappa shape index (κ1) is 19.6. The van der Waals surface area contributed by atoms with Crippen molar-refractivity contribution in [3.8, 4) is 33.9 Å². The van der Waals surface area contributed by atoms with Gasteiger partial charge in [-0.25, -0.2) is 18.7 Å². The van der Waals surface area contributed by atoms with Crippen molar-refractivity contribution < 1.29 is 13.9 Å². The van der Waals surface area contributed by atoms with Gasteiger partial charge >= 0.3 is 5.97 Å². The third kappa shape index (κ3) is 3.39. The van der Waals surface area contributed by atoms with Gasteiger partial charge in [-0.1, -0.05) is 24.3 Å². The lowest BCUT2D eigenvalue weighted by molar-refractivity contribution is 0.0600. The second-order valence-electron chi connectivity index (χ2n) is 7.18. The van der Waals surface area contributed by atoms with Crippen LogP contribution in [0.15, 0.2) is 67.1 Å². The number of rotatable bonds is 4. The first-order valence-electron chi connectivity index (χ1n) is 9.73. The number of fused-ring (bicyclic) bond motifs is 1. The number of pyridine rings is 1. The highest BCUT2D eigenvalue weighted by atomic mass is 19.1. The fourth-order valence-corrected chi connectivity index (χ4v) is 3.55. The molecule has 158 valence electrons. The second kappa shape index (κ2) is 7.69. The van der Waals surface area contributed by atoms with E-state index in [9.17, 15) is 9.18 Å². The van der Waals surface area contributed by atoms with Gasteiger partial charge in [0.2, 0.25) is 0 Å². The monoisotopic (exact) mass is 428 g/mol. The molecule has 0 atom stereocenters. The van der Waals surface area contributed by atoms with Crippen molar-refractivity contribution in [3.05, 3.63) is 78.5 Å². The lowest BCUT2D eigenvalue weighted by Gasteiger charge is -2.10. The summed E-state index contributed by atoms with van der Waals surface area (Å²) in [5.74, 6) is 0.257. The Kier molecular flexibility index (Phi) is 4.70. The molecule has 5 aromatic rings. The number of carbonyl (C=O) groups is 1. The molecule has 32 heavy (non-hydrogen) atoms. The second-order valence-corrected chi connectivity index (χ2v) is 7.18. The van der Waals surface area contributed by atoms with Crippen LogP contribution in [0.4, 0.5) is 4.39 Å². The van der Waals surface area contributed by atoms with Crippen LogP contribution < -0.4 is 0 Å². The van der Waals surface area contributed by atoms with Crippen molar-refractivity contribution in [1.82, 2.24) is 29.4 Å². The van der Waals surface area contributed by atoms with E-state index in [-0.39, 0.29) is 5.82 Å². The summed E-state index contributed by atoms with van der Waals surface area (Å²) in [6.45, 7) is 0. The minimum Gasteiger partial charge on any atom is -0.465 e.